The maximum atomic E-state index is 11.2. The third kappa shape index (κ3) is 5.09. The smallest absolute Gasteiger partial charge is 0.407 e. The van der Waals surface area contributed by atoms with E-state index in [1.54, 1.807) is 6.07 Å². The Morgan fingerprint density at radius 1 is 1.21 bits per heavy atom. The molecule has 1 aromatic carbocycles. The molecule has 1 aromatic heterocycles. The first-order chi connectivity index (χ1) is 13.4. The zero-order chi connectivity index (χ0) is 20.1. The van der Waals surface area contributed by atoms with Gasteiger partial charge in [-0.15, -0.1) is 0 Å². The van der Waals surface area contributed by atoms with Crippen molar-refractivity contribution in [2.75, 3.05) is 23.7 Å². The highest BCUT2D eigenvalue weighted by atomic mass is 16.5. The number of benzene rings is 1. The monoisotopic (exact) mass is 385 g/mol. The number of rotatable bonds is 5. The van der Waals surface area contributed by atoms with Gasteiger partial charge in [0.05, 0.1) is 0 Å². The van der Waals surface area contributed by atoms with E-state index in [1.165, 1.54) is 18.2 Å². The van der Waals surface area contributed by atoms with E-state index < -0.39 is 6.09 Å². The summed E-state index contributed by atoms with van der Waals surface area (Å²) in [5, 5.41) is 15.0. The summed E-state index contributed by atoms with van der Waals surface area (Å²) in [5.74, 6) is 0.910. The van der Waals surface area contributed by atoms with Crippen LogP contribution in [0.3, 0.4) is 0 Å². The van der Waals surface area contributed by atoms with E-state index in [4.69, 9.17) is 9.84 Å². The average molecular weight is 385 g/mol. The molecule has 9 nitrogen and oxygen atoms in total. The molecule has 0 unspecified atom stereocenters. The van der Waals surface area contributed by atoms with Gasteiger partial charge in [0, 0.05) is 50.3 Å². The molecule has 1 fully saturated rings. The largest absolute Gasteiger partial charge is 0.474 e. The number of amides is 2. The molecule has 9 heteroatoms. The van der Waals surface area contributed by atoms with Gasteiger partial charge in [0.1, 0.15) is 18.2 Å². The first-order valence-electron chi connectivity index (χ1n) is 9.02. The van der Waals surface area contributed by atoms with Crippen molar-refractivity contribution in [3.8, 4) is 5.88 Å². The van der Waals surface area contributed by atoms with E-state index in [1.807, 2.05) is 25.1 Å². The Kier molecular flexibility index (Phi) is 5.93. The van der Waals surface area contributed by atoms with Crippen LogP contribution in [0.4, 0.5) is 22.0 Å². The van der Waals surface area contributed by atoms with Crippen LogP contribution in [0.5, 0.6) is 5.88 Å². The molecular formula is C19H23N5O4. The maximum absolute atomic E-state index is 11.2. The second-order valence-electron chi connectivity index (χ2n) is 6.66. The summed E-state index contributed by atoms with van der Waals surface area (Å²) in [4.78, 5) is 31.9. The number of aryl methyl sites for hydroxylation is 1. The molecular weight excluding hydrogens is 362 g/mol. The van der Waals surface area contributed by atoms with Gasteiger partial charge < -0.3 is 25.4 Å². The molecule has 0 bridgehead atoms. The molecule has 1 aliphatic heterocycles. The van der Waals surface area contributed by atoms with Crippen molar-refractivity contribution in [3.05, 3.63) is 36.2 Å². The fourth-order valence-electron chi connectivity index (χ4n) is 3.03. The number of aromatic nitrogens is 2. The predicted octanol–water partition coefficient (Wildman–Crippen LogP) is 3.01. The quantitative estimate of drug-likeness (QED) is 0.724. The number of nitrogens with one attached hydrogen (secondary N) is 2. The number of ether oxygens (including phenoxy) is 1. The summed E-state index contributed by atoms with van der Waals surface area (Å²) in [5.41, 5.74) is 2.51. The van der Waals surface area contributed by atoms with Crippen LogP contribution in [0.15, 0.2) is 30.6 Å². The number of carbonyl (C=O) groups excluding carboxylic acids is 1. The van der Waals surface area contributed by atoms with Crippen LogP contribution in [0, 0.1) is 6.92 Å². The summed E-state index contributed by atoms with van der Waals surface area (Å²) in [6, 6.07) is 7.30. The summed E-state index contributed by atoms with van der Waals surface area (Å²) < 4.78 is 5.89. The normalized spacial score (nSPS) is 14.4. The lowest BCUT2D eigenvalue weighted by molar-refractivity contribution is -0.114. The maximum Gasteiger partial charge on any atom is 0.407 e. The topological polar surface area (TPSA) is 117 Å². The third-order valence-corrected chi connectivity index (χ3v) is 4.45. The lowest BCUT2D eigenvalue weighted by atomic mass is 10.1. The second kappa shape index (κ2) is 8.55. The molecule has 0 atom stereocenters. The number of carbonyl (C=O) groups is 2. The molecule has 2 amide bonds. The van der Waals surface area contributed by atoms with Gasteiger partial charge in [0.25, 0.3) is 0 Å². The molecule has 148 valence electrons. The molecule has 3 N–H and O–H groups in total. The number of piperidine rings is 1. The average Bonchev–Trinajstić information content (AvgIpc) is 2.64. The minimum atomic E-state index is -0.896. The van der Waals surface area contributed by atoms with E-state index >= 15 is 0 Å². The lowest BCUT2D eigenvalue weighted by Gasteiger charge is -2.29. The number of nitrogens with zero attached hydrogens (tertiary/aromatic N) is 3. The molecule has 0 spiro atoms. The number of hydrogen-bond acceptors (Lipinski definition) is 6. The highest BCUT2D eigenvalue weighted by molar-refractivity contribution is 5.89. The highest BCUT2D eigenvalue weighted by Crippen LogP contribution is 2.24. The van der Waals surface area contributed by atoms with Crippen molar-refractivity contribution < 1.29 is 19.4 Å². The molecule has 28 heavy (non-hydrogen) atoms. The summed E-state index contributed by atoms with van der Waals surface area (Å²) in [6.45, 7) is 4.29. The first-order valence-corrected chi connectivity index (χ1v) is 9.02. The van der Waals surface area contributed by atoms with E-state index in [0.29, 0.717) is 37.6 Å². The highest BCUT2D eigenvalue weighted by Gasteiger charge is 2.23. The van der Waals surface area contributed by atoms with Crippen LogP contribution in [-0.2, 0) is 4.79 Å². The van der Waals surface area contributed by atoms with Gasteiger partial charge in [-0.1, -0.05) is 0 Å². The van der Waals surface area contributed by atoms with Crippen molar-refractivity contribution in [1.82, 2.24) is 14.9 Å². The fourth-order valence-corrected chi connectivity index (χ4v) is 3.03. The first kappa shape index (κ1) is 19.4. The molecule has 0 radical (unpaired) electrons. The van der Waals surface area contributed by atoms with Crippen LogP contribution in [0.25, 0.3) is 0 Å². The van der Waals surface area contributed by atoms with E-state index in [0.717, 1.165) is 16.9 Å². The Morgan fingerprint density at radius 3 is 2.61 bits per heavy atom. The van der Waals surface area contributed by atoms with Gasteiger partial charge in [-0.25, -0.2) is 14.8 Å². The van der Waals surface area contributed by atoms with E-state index in [2.05, 4.69) is 20.6 Å². The van der Waals surface area contributed by atoms with E-state index in [-0.39, 0.29) is 12.0 Å². The minimum Gasteiger partial charge on any atom is -0.474 e. The molecule has 3 rings (SSSR count). The zero-order valence-corrected chi connectivity index (χ0v) is 15.8. The van der Waals surface area contributed by atoms with Gasteiger partial charge in [0.15, 0.2) is 0 Å². The molecule has 1 saturated heterocycles. The Labute approximate surface area is 162 Å². The number of hydrogen-bond donors (Lipinski definition) is 3. The minimum absolute atomic E-state index is 0.0717. The van der Waals surface area contributed by atoms with Crippen molar-refractivity contribution in [2.45, 2.75) is 32.8 Å². The molecule has 0 aliphatic carbocycles. The Bertz CT molecular complexity index is 865. The molecule has 0 saturated carbocycles. The Hall–Kier alpha value is -3.36. The van der Waals surface area contributed by atoms with Crippen molar-refractivity contribution in [1.29, 1.82) is 0 Å². The third-order valence-electron chi connectivity index (χ3n) is 4.45. The number of carboxylic acid groups (broad SMARTS) is 1. The Balaban J connectivity index is 1.61. The molecule has 2 aromatic rings. The van der Waals surface area contributed by atoms with Gasteiger partial charge in [0.2, 0.25) is 11.8 Å². The number of anilines is 3. The summed E-state index contributed by atoms with van der Waals surface area (Å²) in [6.07, 6.45) is 1.71. The van der Waals surface area contributed by atoms with E-state index in [9.17, 15) is 9.59 Å². The molecule has 2 heterocycles. The van der Waals surface area contributed by atoms with Gasteiger partial charge in [-0.3, -0.25) is 4.79 Å². The van der Waals surface area contributed by atoms with Gasteiger partial charge in [-0.05, 0) is 30.7 Å². The van der Waals surface area contributed by atoms with Crippen LogP contribution >= 0.6 is 0 Å². The van der Waals surface area contributed by atoms with Crippen LogP contribution in [0.2, 0.25) is 0 Å². The van der Waals surface area contributed by atoms with Crippen molar-refractivity contribution in [2.24, 2.45) is 0 Å². The van der Waals surface area contributed by atoms with Crippen LogP contribution in [-0.4, -0.2) is 51.2 Å². The van der Waals surface area contributed by atoms with Crippen molar-refractivity contribution in [3.63, 3.8) is 0 Å². The van der Waals surface area contributed by atoms with Gasteiger partial charge in [-0.2, -0.15) is 0 Å². The predicted molar refractivity (Wildman–Crippen MR) is 104 cm³/mol. The van der Waals surface area contributed by atoms with Crippen LogP contribution in [0.1, 0.15) is 25.3 Å². The van der Waals surface area contributed by atoms with Gasteiger partial charge >= 0.3 is 6.09 Å². The van der Waals surface area contributed by atoms with Crippen molar-refractivity contribution >= 4 is 29.2 Å². The van der Waals surface area contributed by atoms with Crippen LogP contribution < -0.4 is 15.4 Å². The zero-order valence-electron chi connectivity index (χ0n) is 15.8. The lowest BCUT2D eigenvalue weighted by Crippen LogP contribution is -2.41. The fraction of sp³-hybridized carbons (Fsp3) is 0.368. The summed E-state index contributed by atoms with van der Waals surface area (Å²) >= 11 is 0. The Morgan fingerprint density at radius 2 is 1.96 bits per heavy atom. The SMILES string of the molecule is CC(=O)Nc1ccc(Nc2cc(OC3CCN(C(=O)O)CC3)ncn2)cc1C. The second-order valence-corrected chi connectivity index (χ2v) is 6.66. The summed E-state index contributed by atoms with van der Waals surface area (Å²) in [7, 11) is 0. The standard InChI is InChI=1S/C19H23N5O4/c1-12-9-14(3-4-16(12)22-13(2)25)23-17-10-18(21-11-20-17)28-15-5-7-24(8-6-15)19(26)27/h3-4,9-11,15H,5-8H2,1-2H3,(H,22,25)(H,26,27)(H,20,21,23). The molecule has 1 aliphatic rings. The number of likely N-dealkylation sites (tertiary alicyclic amines) is 1.